The molecule has 0 heterocycles. The van der Waals surface area contributed by atoms with Gasteiger partial charge in [0.25, 0.3) is 5.91 Å². The number of amides is 1. The first-order valence-corrected chi connectivity index (χ1v) is 4.85. The van der Waals surface area contributed by atoms with E-state index in [2.05, 4.69) is 0 Å². The molecule has 1 amide bonds. The number of carbonyl (C=O) groups is 1. The lowest BCUT2D eigenvalue weighted by Gasteiger charge is -2.09. The van der Waals surface area contributed by atoms with Crippen LogP contribution in [0.25, 0.3) is 0 Å². The van der Waals surface area contributed by atoms with Crippen LogP contribution in [-0.2, 0) is 11.3 Å². The number of methoxy groups -OCH3 is 1. The molecule has 0 bridgehead atoms. The molecule has 1 N–H and O–H groups in total. The molecule has 6 heteroatoms. The third-order valence-corrected chi connectivity index (χ3v) is 1.95. The largest absolute Gasteiger partial charge is 0.405 e. The fraction of sp³-hybridized carbons (Fsp3) is 0.364. The standard InChI is InChI=1S/C11H12F3NO2/c1-17-6-8-3-2-4-9(5-8)10(16)15-7-11(12,13)14/h2-5H,6-7H2,1H3,(H,15,16). The van der Waals surface area contributed by atoms with Crippen LogP contribution in [0, 0.1) is 0 Å². The Morgan fingerprint density at radius 2 is 2.12 bits per heavy atom. The molecule has 0 aliphatic carbocycles. The van der Waals surface area contributed by atoms with Crippen molar-refractivity contribution in [1.82, 2.24) is 5.32 Å². The quantitative estimate of drug-likeness (QED) is 0.885. The van der Waals surface area contributed by atoms with Gasteiger partial charge in [-0.15, -0.1) is 0 Å². The predicted molar refractivity (Wildman–Crippen MR) is 55.5 cm³/mol. The maximum absolute atomic E-state index is 11.9. The van der Waals surface area contributed by atoms with Gasteiger partial charge in [-0.2, -0.15) is 13.2 Å². The highest BCUT2D eigenvalue weighted by Gasteiger charge is 2.27. The van der Waals surface area contributed by atoms with Crippen molar-refractivity contribution >= 4 is 5.91 Å². The van der Waals surface area contributed by atoms with Crippen molar-refractivity contribution in [2.45, 2.75) is 12.8 Å². The number of hydrogen-bond acceptors (Lipinski definition) is 2. The SMILES string of the molecule is COCc1cccc(C(=O)NCC(F)(F)F)c1. The Hall–Kier alpha value is -1.56. The molecule has 3 nitrogen and oxygen atoms in total. The molecule has 0 aliphatic heterocycles. The summed E-state index contributed by atoms with van der Waals surface area (Å²) in [5, 5.41) is 1.80. The van der Waals surface area contributed by atoms with Crippen LogP contribution in [0.5, 0.6) is 0 Å². The minimum Gasteiger partial charge on any atom is -0.380 e. The third kappa shape index (κ3) is 4.86. The molecule has 94 valence electrons. The van der Waals surface area contributed by atoms with Crippen LogP contribution in [0.4, 0.5) is 13.2 Å². The summed E-state index contributed by atoms with van der Waals surface area (Å²) in [6.45, 7) is -1.03. The molecule has 0 atom stereocenters. The second-order valence-corrected chi connectivity index (χ2v) is 3.43. The van der Waals surface area contributed by atoms with Gasteiger partial charge in [0.1, 0.15) is 6.54 Å². The molecule has 1 rings (SSSR count). The molecular weight excluding hydrogens is 235 g/mol. The van der Waals surface area contributed by atoms with Crippen LogP contribution in [0.3, 0.4) is 0 Å². The Bertz CT molecular complexity index is 391. The second-order valence-electron chi connectivity index (χ2n) is 3.43. The van der Waals surface area contributed by atoms with E-state index in [1.54, 1.807) is 17.4 Å². The highest BCUT2D eigenvalue weighted by atomic mass is 19.4. The van der Waals surface area contributed by atoms with Crippen LogP contribution < -0.4 is 5.32 Å². The van der Waals surface area contributed by atoms with E-state index in [9.17, 15) is 18.0 Å². The Morgan fingerprint density at radius 1 is 1.41 bits per heavy atom. The van der Waals surface area contributed by atoms with Gasteiger partial charge in [0.05, 0.1) is 6.61 Å². The lowest BCUT2D eigenvalue weighted by atomic mass is 10.1. The molecule has 0 aliphatic rings. The number of alkyl halides is 3. The Labute approximate surface area is 96.6 Å². The van der Waals surface area contributed by atoms with Crippen LogP contribution >= 0.6 is 0 Å². The van der Waals surface area contributed by atoms with Crippen LogP contribution in [0.15, 0.2) is 24.3 Å². The van der Waals surface area contributed by atoms with Crippen molar-refractivity contribution in [1.29, 1.82) is 0 Å². The van der Waals surface area contributed by atoms with Crippen molar-refractivity contribution < 1.29 is 22.7 Å². The number of nitrogens with one attached hydrogen (secondary N) is 1. The van der Waals surface area contributed by atoms with Gasteiger partial charge in [0.2, 0.25) is 0 Å². The Balaban J connectivity index is 2.65. The summed E-state index contributed by atoms with van der Waals surface area (Å²) in [7, 11) is 1.50. The molecule has 1 aromatic rings. The molecular formula is C11H12F3NO2. The summed E-state index contributed by atoms with van der Waals surface area (Å²) in [5.74, 6) is -0.750. The van der Waals surface area contributed by atoms with Crippen molar-refractivity contribution in [3.63, 3.8) is 0 Å². The summed E-state index contributed by atoms with van der Waals surface area (Å²) in [6, 6.07) is 6.26. The number of benzene rings is 1. The number of hydrogen-bond donors (Lipinski definition) is 1. The monoisotopic (exact) mass is 247 g/mol. The summed E-state index contributed by atoms with van der Waals surface area (Å²) in [6.07, 6.45) is -4.40. The zero-order valence-electron chi connectivity index (χ0n) is 9.17. The number of rotatable bonds is 4. The van der Waals surface area contributed by atoms with E-state index in [1.807, 2.05) is 0 Å². The van der Waals surface area contributed by atoms with Gasteiger partial charge in [0.15, 0.2) is 0 Å². The first-order chi connectivity index (χ1) is 7.92. The van der Waals surface area contributed by atoms with Crippen molar-refractivity contribution in [3.05, 3.63) is 35.4 Å². The average Bonchev–Trinajstić information content (AvgIpc) is 2.26. The molecule has 17 heavy (non-hydrogen) atoms. The zero-order chi connectivity index (χ0) is 12.9. The third-order valence-electron chi connectivity index (χ3n) is 1.95. The van der Waals surface area contributed by atoms with Gasteiger partial charge in [0, 0.05) is 12.7 Å². The number of carbonyl (C=O) groups excluding carboxylic acids is 1. The van der Waals surface area contributed by atoms with Gasteiger partial charge >= 0.3 is 6.18 Å². The van der Waals surface area contributed by atoms with E-state index in [1.165, 1.54) is 19.2 Å². The van der Waals surface area contributed by atoms with E-state index in [0.29, 0.717) is 6.61 Å². The molecule has 0 spiro atoms. The fourth-order valence-electron chi connectivity index (χ4n) is 1.25. The minimum absolute atomic E-state index is 0.184. The van der Waals surface area contributed by atoms with Crippen LogP contribution in [-0.4, -0.2) is 25.7 Å². The second kappa shape index (κ2) is 5.67. The van der Waals surface area contributed by atoms with Crippen molar-refractivity contribution in [2.75, 3.05) is 13.7 Å². The van der Waals surface area contributed by atoms with Crippen LogP contribution in [0.1, 0.15) is 15.9 Å². The zero-order valence-corrected chi connectivity index (χ0v) is 9.17. The Morgan fingerprint density at radius 3 is 2.71 bits per heavy atom. The molecule has 0 fully saturated rings. The minimum atomic E-state index is -4.40. The fourth-order valence-corrected chi connectivity index (χ4v) is 1.25. The average molecular weight is 247 g/mol. The number of ether oxygens (including phenoxy) is 1. The van der Waals surface area contributed by atoms with Gasteiger partial charge in [-0.05, 0) is 17.7 Å². The van der Waals surface area contributed by atoms with Crippen molar-refractivity contribution in [3.8, 4) is 0 Å². The van der Waals surface area contributed by atoms with Gasteiger partial charge in [-0.3, -0.25) is 4.79 Å². The lowest BCUT2D eigenvalue weighted by molar-refractivity contribution is -0.123. The maximum Gasteiger partial charge on any atom is 0.405 e. The van der Waals surface area contributed by atoms with Crippen molar-refractivity contribution in [2.24, 2.45) is 0 Å². The highest BCUT2D eigenvalue weighted by Crippen LogP contribution is 2.13. The summed E-state index contributed by atoms with van der Waals surface area (Å²) in [4.78, 5) is 11.4. The normalized spacial score (nSPS) is 11.3. The van der Waals surface area contributed by atoms with E-state index in [0.717, 1.165) is 5.56 Å². The molecule has 1 aromatic carbocycles. The molecule has 0 radical (unpaired) electrons. The maximum atomic E-state index is 11.9. The molecule has 0 unspecified atom stereocenters. The van der Waals surface area contributed by atoms with E-state index in [4.69, 9.17) is 4.74 Å². The molecule has 0 aromatic heterocycles. The van der Waals surface area contributed by atoms with Gasteiger partial charge < -0.3 is 10.1 Å². The first-order valence-electron chi connectivity index (χ1n) is 4.85. The predicted octanol–water partition coefficient (Wildman–Crippen LogP) is 2.13. The Kier molecular flexibility index (Phi) is 4.51. The summed E-state index contributed by atoms with van der Waals surface area (Å²) >= 11 is 0. The lowest BCUT2D eigenvalue weighted by Crippen LogP contribution is -2.33. The van der Waals surface area contributed by atoms with E-state index >= 15 is 0 Å². The van der Waals surface area contributed by atoms with Gasteiger partial charge in [-0.1, -0.05) is 12.1 Å². The highest BCUT2D eigenvalue weighted by molar-refractivity contribution is 5.94. The molecule has 0 saturated heterocycles. The van der Waals surface area contributed by atoms with Gasteiger partial charge in [-0.25, -0.2) is 0 Å². The van der Waals surface area contributed by atoms with Crippen LogP contribution in [0.2, 0.25) is 0 Å². The number of halogens is 3. The van der Waals surface area contributed by atoms with E-state index < -0.39 is 18.6 Å². The van der Waals surface area contributed by atoms with E-state index in [-0.39, 0.29) is 5.56 Å². The summed E-state index contributed by atoms with van der Waals surface area (Å²) < 4.78 is 40.6. The smallest absolute Gasteiger partial charge is 0.380 e. The summed E-state index contributed by atoms with van der Waals surface area (Å²) in [5.41, 5.74) is 0.913. The molecule has 0 saturated carbocycles. The topological polar surface area (TPSA) is 38.3 Å². The first kappa shape index (κ1) is 13.5.